The number of hydrogen-bond acceptors (Lipinski definition) is 4. The Morgan fingerprint density at radius 1 is 1.47 bits per heavy atom. The van der Waals surface area contributed by atoms with E-state index in [2.05, 4.69) is 15.6 Å². The minimum absolute atomic E-state index is 0. The molecule has 0 aliphatic rings. The van der Waals surface area contributed by atoms with Crippen molar-refractivity contribution in [2.24, 2.45) is 0 Å². The van der Waals surface area contributed by atoms with E-state index in [0.29, 0.717) is 23.9 Å². The molecule has 0 spiro atoms. The molecular formula is C11H20ClN3O2. The van der Waals surface area contributed by atoms with Crippen LogP contribution in [0.3, 0.4) is 0 Å². The van der Waals surface area contributed by atoms with Crippen molar-refractivity contribution in [2.45, 2.75) is 33.7 Å². The number of aromatic nitrogens is 1. The molecular weight excluding hydrogens is 242 g/mol. The van der Waals surface area contributed by atoms with Gasteiger partial charge in [-0.3, -0.25) is 4.79 Å². The maximum absolute atomic E-state index is 11.7. The summed E-state index contributed by atoms with van der Waals surface area (Å²) >= 11 is 0. The lowest BCUT2D eigenvalue weighted by atomic mass is 10.3. The summed E-state index contributed by atoms with van der Waals surface area (Å²) in [6, 6.07) is 0.248. The van der Waals surface area contributed by atoms with Gasteiger partial charge < -0.3 is 15.1 Å². The first kappa shape index (κ1) is 15.9. The van der Waals surface area contributed by atoms with Gasteiger partial charge in [0.25, 0.3) is 5.91 Å². The van der Waals surface area contributed by atoms with Crippen LogP contribution in [0.4, 0.5) is 0 Å². The first-order valence-electron chi connectivity index (χ1n) is 5.50. The second-order valence-electron chi connectivity index (χ2n) is 3.82. The SMILES string of the molecule is CCN[C@H](C)CNC(=O)c1oc(C)nc1C.Cl. The predicted molar refractivity (Wildman–Crippen MR) is 68.7 cm³/mol. The summed E-state index contributed by atoms with van der Waals surface area (Å²) < 4.78 is 5.22. The van der Waals surface area contributed by atoms with Crippen LogP contribution < -0.4 is 10.6 Å². The summed E-state index contributed by atoms with van der Waals surface area (Å²) in [6.07, 6.45) is 0. The Bertz CT molecular complexity index is 366. The zero-order chi connectivity index (χ0) is 12.1. The first-order chi connectivity index (χ1) is 7.54. The van der Waals surface area contributed by atoms with Crippen molar-refractivity contribution in [1.29, 1.82) is 0 Å². The first-order valence-corrected chi connectivity index (χ1v) is 5.50. The number of hydrogen-bond donors (Lipinski definition) is 2. The van der Waals surface area contributed by atoms with Crippen LogP contribution in [0.5, 0.6) is 0 Å². The quantitative estimate of drug-likeness (QED) is 0.842. The summed E-state index contributed by atoms with van der Waals surface area (Å²) in [5.41, 5.74) is 0.631. The summed E-state index contributed by atoms with van der Waals surface area (Å²) in [6.45, 7) is 9.00. The van der Waals surface area contributed by atoms with E-state index in [-0.39, 0.29) is 24.4 Å². The third-order valence-electron chi connectivity index (χ3n) is 2.23. The van der Waals surface area contributed by atoms with Crippen LogP contribution in [0.1, 0.15) is 36.0 Å². The molecule has 98 valence electrons. The molecule has 1 heterocycles. The highest BCUT2D eigenvalue weighted by Gasteiger charge is 2.15. The number of carbonyl (C=O) groups is 1. The van der Waals surface area contributed by atoms with Gasteiger partial charge in [-0.2, -0.15) is 0 Å². The number of nitrogens with one attached hydrogen (secondary N) is 2. The molecule has 0 fully saturated rings. The fourth-order valence-corrected chi connectivity index (χ4v) is 1.49. The zero-order valence-corrected chi connectivity index (χ0v) is 11.5. The molecule has 1 atom stereocenters. The van der Waals surface area contributed by atoms with E-state index in [0.717, 1.165) is 6.54 Å². The third-order valence-corrected chi connectivity index (χ3v) is 2.23. The number of nitrogens with zero attached hydrogens (tertiary/aromatic N) is 1. The monoisotopic (exact) mass is 261 g/mol. The van der Waals surface area contributed by atoms with Crippen molar-refractivity contribution in [1.82, 2.24) is 15.6 Å². The van der Waals surface area contributed by atoms with E-state index in [1.807, 2.05) is 13.8 Å². The van der Waals surface area contributed by atoms with Crippen LogP contribution in [-0.2, 0) is 0 Å². The predicted octanol–water partition coefficient (Wildman–Crippen LogP) is 1.44. The number of oxazole rings is 1. The molecule has 0 aromatic carbocycles. The Balaban J connectivity index is 0.00000256. The third kappa shape index (κ3) is 4.75. The van der Waals surface area contributed by atoms with E-state index in [1.165, 1.54) is 0 Å². The maximum atomic E-state index is 11.7. The van der Waals surface area contributed by atoms with Crippen LogP contribution in [0.2, 0.25) is 0 Å². The zero-order valence-electron chi connectivity index (χ0n) is 10.7. The number of likely N-dealkylation sites (N-methyl/N-ethyl adjacent to an activating group) is 1. The summed E-state index contributed by atoms with van der Waals surface area (Å²) in [5, 5.41) is 6.01. The van der Waals surface area contributed by atoms with Gasteiger partial charge >= 0.3 is 0 Å². The van der Waals surface area contributed by atoms with Crippen molar-refractivity contribution < 1.29 is 9.21 Å². The number of aryl methyl sites for hydroxylation is 2. The smallest absolute Gasteiger partial charge is 0.289 e. The Hall–Kier alpha value is -1.07. The van der Waals surface area contributed by atoms with E-state index in [4.69, 9.17) is 4.42 Å². The molecule has 0 aliphatic carbocycles. The van der Waals surface area contributed by atoms with Crippen LogP contribution >= 0.6 is 12.4 Å². The van der Waals surface area contributed by atoms with Crippen LogP contribution in [-0.4, -0.2) is 30.0 Å². The average molecular weight is 262 g/mol. The van der Waals surface area contributed by atoms with Crippen LogP contribution in [0.25, 0.3) is 0 Å². The number of amides is 1. The van der Waals surface area contributed by atoms with E-state index >= 15 is 0 Å². The van der Waals surface area contributed by atoms with Gasteiger partial charge in [0, 0.05) is 19.5 Å². The molecule has 1 aromatic heterocycles. The van der Waals surface area contributed by atoms with E-state index in [1.54, 1.807) is 13.8 Å². The molecule has 0 radical (unpaired) electrons. The molecule has 0 unspecified atom stereocenters. The molecule has 17 heavy (non-hydrogen) atoms. The highest BCUT2D eigenvalue weighted by molar-refractivity contribution is 5.92. The van der Waals surface area contributed by atoms with Crippen molar-refractivity contribution in [3.05, 3.63) is 17.3 Å². The lowest BCUT2D eigenvalue weighted by Gasteiger charge is -2.12. The standard InChI is InChI=1S/C11H19N3O2.ClH/c1-5-12-7(2)6-13-11(15)10-8(3)14-9(4)16-10;/h7,12H,5-6H2,1-4H3,(H,13,15);1H/t7-;/m1./s1. The van der Waals surface area contributed by atoms with Gasteiger partial charge in [0.15, 0.2) is 5.89 Å². The largest absolute Gasteiger partial charge is 0.436 e. The number of halogens is 1. The second-order valence-corrected chi connectivity index (χ2v) is 3.82. The highest BCUT2D eigenvalue weighted by atomic mass is 35.5. The van der Waals surface area contributed by atoms with Gasteiger partial charge in [-0.15, -0.1) is 12.4 Å². The molecule has 0 saturated heterocycles. The molecule has 6 heteroatoms. The van der Waals surface area contributed by atoms with Crippen LogP contribution in [0.15, 0.2) is 4.42 Å². The van der Waals surface area contributed by atoms with Crippen molar-refractivity contribution in [3.63, 3.8) is 0 Å². The van der Waals surface area contributed by atoms with E-state index < -0.39 is 0 Å². The van der Waals surface area contributed by atoms with Gasteiger partial charge in [-0.25, -0.2) is 4.98 Å². The molecule has 1 amide bonds. The van der Waals surface area contributed by atoms with Gasteiger partial charge in [0.1, 0.15) is 0 Å². The lowest BCUT2D eigenvalue weighted by molar-refractivity contribution is 0.0920. The Morgan fingerprint density at radius 3 is 2.59 bits per heavy atom. The summed E-state index contributed by atoms with van der Waals surface area (Å²) in [7, 11) is 0. The average Bonchev–Trinajstić information content (AvgIpc) is 2.55. The molecule has 1 rings (SSSR count). The molecule has 0 aliphatic heterocycles. The second kappa shape index (κ2) is 7.29. The Morgan fingerprint density at radius 2 is 2.12 bits per heavy atom. The van der Waals surface area contributed by atoms with Crippen molar-refractivity contribution in [2.75, 3.05) is 13.1 Å². The topological polar surface area (TPSA) is 67.2 Å². The number of rotatable bonds is 5. The van der Waals surface area contributed by atoms with Gasteiger partial charge in [0.2, 0.25) is 5.76 Å². The van der Waals surface area contributed by atoms with E-state index in [9.17, 15) is 4.79 Å². The Labute approximate surface area is 108 Å². The van der Waals surface area contributed by atoms with Crippen molar-refractivity contribution >= 4 is 18.3 Å². The minimum Gasteiger partial charge on any atom is -0.436 e. The molecule has 5 nitrogen and oxygen atoms in total. The fraction of sp³-hybridized carbons (Fsp3) is 0.636. The molecule has 2 N–H and O–H groups in total. The molecule has 0 bridgehead atoms. The molecule has 1 aromatic rings. The maximum Gasteiger partial charge on any atom is 0.289 e. The van der Waals surface area contributed by atoms with Crippen LogP contribution in [0, 0.1) is 13.8 Å². The summed E-state index contributed by atoms with van der Waals surface area (Å²) in [5.74, 6) is 0.617. The number of carbonyl (C=O) groups excluding carboxylic acids is 1. The minimum atomic E-state index is -0.206. The van der Waals surface area contributed by atoms with Gasteiger partial charge in [-0.1, -0.05) is 6.92 Å². The highest BCUT2D eigenvalue weighted by Crippen LogP contribution is 2.08. The Kier molecular flexibility index (Phi) is 6.83. The molecule has 0 saturated carbocycles. The fourth-order valence-electron chi connectivity index (χ4n) is 1.49. The van der Waals surface area contributed by atoms with Gasteiger partial charge in [-0.05, 0) is 20.4 Å². The lowest BCUT2D eigenvalue weighted by Crippen LogP contribution is -2.38. The van der Waals surface area contributed by atoms with Crippen molar-refractivity contribution in [3.8, 4) is 0 Å². The normalized spacial score (nSPS) is 11.8. The van der Waals surface area contributed by atoms with Gasteiger partial charge in [0.05, 0.1) is 5.69 Å². The summed E-state index contributed by atoms with van der Waals surface area (Å²) in [4.78, 5) is 15.8.